The van der Waals surface area contributed by atoms with E-state index in [-0.39, 0.29) is 24.0 Å². The van der Waals surface area contributed by atoms with Gasteiger partial charge in [-0.05, 0) is 31.5 Å². The minimum atomic E-state index is -4.55. The molecule has 1 aromatic carbocycles. The van der Waals surface area contributed by atoms with E-state index in [0.717, 1.165) is 12.5 Å². The molecule has 0 aromatic heterocycles. The molecule has 1 N–H and O–H groups in total. The van der Waals surface area contributed by atoms with Crippen LogP contribution < -0.4 is 5.32 Å². The van der Waals surface area contributed by atoms with Gasteiger partial charge in [-0.3, -0.25) is 0 Å². The minimum absolute atomic E-state index is 0. The monoisotopic (exact) mass is 372 g/mol. The van der Waals surface area contributed by atoms with Crippen molar-refractivity contribution in [2.24, 2.45) is 0 Å². The van der Waals surface area contributed by atoms with Crippen LogP contribution in [-0.4, -0.2) is 38.9 Å². The molecule has 0 bridgehead atoms. The number of alkyl halides is 3. The van der Waals surface area contributed by atoms with Crippen LogP contribution in [0.15, 0.2) is 24.3 Å². The van der Waals surface area contributed by atoms with Gasteiger partial charge in [0, 0.05) is 19.1 Å². The summed E-state index contributed by atoms with van der Waals surface area (Å²) in [6.07, 6.45) is -2.99. The Labute approximate surface area is 140 Å². The third kappa shape index (κ3) is 5.07. The quantitative estimate of drug-likeness (QED) is 0.884. The Kier molecular flexibility index (Phi) is 6.88. The minimum Gasteiger partial charge on any atom is -0.316 e. The van der Waals surface area contributed by atoms with Crippen LogP contribution >= 0.6 is 12.4 Å². The molecule has 0 spiro atoms. The van der Waals surface area contributed by atoms with Crippen LogP contribution in [0.25, 0.3) is 0 Å². The van der Waals surface area contributed by atoms with E-state index in [9.17, 15) is 21.6 Å². The van der Waals surface area contributed by atoms with Gasteiger partial charge in [0.25, 0.3) is 0 Å². The number of nitrogens with zero attached hydrogens (tertiary/aromatic N) is 1. The molecule has 1 heterocycles. The second kappa shape index (κ2) is 7.83. The molecule has 1 aliphatic heterocycles. The summed E-state index contributed by atoms with van der Waals surface area (Å²) in [7, 11) is -2.02. The van der Waals surface area contributed by atoms with Crippen molar-refractivity contribution in [3.63, 3.8) is 0 Å². The molecule has 0 saturated carbocycles. The fourth-order valence-electron chi connectivity index (χ4n) is 2.64. The average Bonchev–Trinajstić information content (AvgIpc) is 2.46. The molecule has 9 heteroatoms. The highest BCUT2D eigenvalue weighted by Gasteiger charge is 2.35. The fraction of sp³-hybridized carbons (Fsp3) is 0.571. The van der Waals surface area contributed by atoms with Crippen molar-refractivity contribution < 1.29 is 21.6 Å². The Balaban J connectivity index is 0.00000264. The van der Waals surface area contributed by atoms with Gasteiger partial charge in [-0.25, -0.2) is 12.7 Å². The van der Waals surface area contributed by atoms with Gasteiger partial charge in [0.15, 0.2) is 0 Å². The first-order valence-electron chi connectivity index (χ1n) is 7.04. The van der Waals surface area contributed by atoms with Crippen LogP contribution in [0.5, 0.6) is 0 Å². The third-order valence-corrected chi connectivity index (χ3v) is 5.64. The van der Waals surface area contributed by atoms with Crippen molar-refractivity contribution in [3.05, 3.63) is 35.4 Å². The molecule has 0 amide bonds. The Bertz CT molecular complexity index is 623. The average molecular weight is 373 g/mol. The Morgan fingerprint density at radius 2 is 1.96 bits per heavy atom. The molecule has 1 aromatic rings. The zero-order valence-corrected chi connectivity index (χ0v) is 14.3. The standard InChI is InChI=1S/C14H19F3N2O2S.ClH/c1-18-12-6-4-8-19(9-12)22(20,21)10-11-5-2-3-7-13(11)14(15,16)17;/h2-3,5,7,12,18H,4,6,8-10H2,1H3;1H. The SMILES string of the molecule is CNC1CCCN(S(=O)(=O)Cc2ccccc2C(F)(F)F)C1.Cl. The first kappa shape index (κ1) is 20.2. The third-order valence-electron chi connectivity index (χ3n) is 3.85. The number of nitrogens with one attached hydrogen (secondary N) is 1. The predicted octanol–water partition coefficient (Wildman–Crippen LogP) is 2.64. The Hall–Kier alpha value is -0.830. The van der Waals surface area contributed by atoms with Gasteiger partial charge >= 0.3 is 6.18 Å². The van der Waals surface area contributed by atoms with Gasteiger partial charge in [0.1, 0.15) is 0 Å². The number of hydrogen-bond acceptors (Lipinski definition) is 3. The molecule has 1 aliphatic rings. The zero-order valence-electron chi connectivity index (χ0n) is 12.6. The summed E-state index contributed by atoms with van der Waals surface area (Å²) in [6, 6.07) is 4.86. The van der Waals surface area contributed by atoms with E-state index in [0.29, 0.717) is 19.5 Å². The Morgan fingerprint density at radius 3 is 2.57 bits per heavy atom. The number of rotatable bonds is 4. The molecule has 4 nitrogen and oxygen atoms in total. The second-order valence-electron chi connectivity index (χ2n) is 5.40. The second-order valence-corrected chi connectivity index (χ2v) is 7.37. The molecule has 2 rings (SSSR count). The molecule has 132 valence electrons. The molecule has 0 radical (unpaired) electrons. The van der Waals surface area contributed by atoms with Crippen molar-refractivity contribution in [1.29, 1.82) is 0 Å². The summed E-state index contributed by atoms with van der Waals surface area (Å²) in [6.45, 7) is 0.654. The summed E-state index contributed by atoms with van der Waals surface area (Å²) in [5.41, 5.74) is -1.10. The van der Waals surface area contributed by atoms with Gasteiger partial charge in [-0.1, -0.05) is 18.2 Å². The van der Waals surface area contributed by atoms with E-state index in [1.807, 2.05) is 0 Å². The normalized spacial score (nSPS) is 20.1. The van der Waals surface area contributed by atoms with E-state index >= 15 is 0 Å². The molecular formula is C14H20ClF3N2O2S. The maximum absolute atomic E-state index is 13.0. The number of hydrogen-bond donors (Lipinski definition) is 1. The molecule has 1 atom stereocenters. The van der Waals surface area contributed by atoms with Crippen LogP contribution in [0.3, 0.4) is 0 Å². The van der Waals surface area contributed by atoms with E-state index in [2.05, 4.69) is 5.32 Å². The Morgan fingerprint density at radius 1 is 1.30 bits per heavy atom. The number of halogens is 4. The maximum atomic E-state index is 13.0. The molecule has 1 unspecified atom stereocenters. The van der Waals surface area contributed by atoms with E-state index in [1.54, 1.807) is 7.05 Å². The van der Waals surface area contributed by atoms with E-state index < -0.39 is 27.5 Å². The first-order chi connectivity index (χ1) is 10.2. The number of sulfonamides is 1. The van der Waals surface area contributed by atoms with Gasteiger partial charge in [0.2, 0.25) is 10.0 Å². The fourth-order valence-corrected chi connectivity index (χ4v) is 4.28. The van der Waals surface area contributed by atoms with Gasteiger partial charge in [-0.15, -0.1) is 12.4 Å². The lowest BCUT2D eigenvalue weighted by molar-refractivity contribution is -0.138. The van der Waals surface area contributed by atoms with Gasteiger partial charge in [-0.2, -0.15) is 13.2 Å². The number of likely N-dealkylation sites (N-methyl/N-ethyl adjacent to an activating group) is 1. The summed E-state index contributed by atoms with van der Waals surface area (Å²) >= 11 is 0. The summed E-state index contributed by atoms with van der Waals surface area (Å²) < 4.78 is 65.0. The topological polar surface area (TPSA) is 49.4 Å². The largest absolute Gasteiger partial charge is 0.416 e. The lowest BCUT2D eigenvalue weighted by Gasteiger charge is -2.32. The molecular weight excluding hydrogens is 353 g/mol. The molecule has 0 aliphatic carbocycles. The van der Waals surface area contributed by atoms with Gasteiger partial charge < -0.3 is 5.32 Å². The zero-order chi connectivity index (χ0) is 16.4. The highest BCUT2D eigenvalue weighted by atomic mass is 35.5. The molecule has 1 fully saturated rings. The van der Waals surface area contributed by atoms with Crippen LogP contribution in [0.1, 0.15) is 24.0 Å². The van der Waals surface area contributed by atoms with E-state index in [1.165, 1.54) is 22.5 Å². The van der Waals surface area contributed by atoms with Crippen molar-refractivity contribution >= 4 is 22.4 Å². The maximum Gasteiger partial charge on any atom is 0.416 e. The van der Waals surface area contributed by atoms with Crippen molar-refractivity contribution in [3.8, 4) is 0 Å². The van der Waals surface area contributed by atoms with Crippen molar-refractivity contribution in [1.82, 2.24) is 9.62 Å². The summed E-state index contributed by atoms with van der Waals surface area (Å²) in [5.74, 6) is -0.626. The molecule has 23 heavy (non-hydrogen) atoms. The summed E-state index contributed by atoms with van der Waals surface area (Å²) in [4.78, 5) is 0. The van der Waals surface area contributed by atoms with Crippen LogP contribution in [0.2, 0.25) is 0 Å². The van der Waals surface area contributed by atoms with Gasteiger partial charge in [0.05, 0.1) is 11.3 Å². The summed E-state index contributed by atoms with van der Waals surface area (Å²) in [5, 5.41) is 3.02. The molecule has 1 saturated heterocycles. The highest BCUT2D eigenvalue weighted by molar-refractivity contribution is 7.88. The lowest BCUT2D eigenvalue weighted by Crippen LogP contribution is -2.47. The van der Waals surface area contributed by atoms with Crippen LogP contribution in [-0.2, 0) is 22.0 Å². The highest BCUT2D eigenvalue weighted by Crippen LogP contribution is 2.33. The van der Waals surface area contributed by atoms with Crippen LogP contribution in [0.4, 0.5) is 13.2 Å². The smallest absolute Gasteiger partial charge is 0.316 e. The first-order valence-corrected chi connectivity index (χ1v) is 8.65. The van der Waals surface area contributed by atoms with Crippen molar-refractivity contribution in [2.45, 2.75) is 30.8 Å². The lowest BCUT2D eigenvalue weighted by atomic mass is 10.1. The van der Waals surface area contributed by atoms with E-state index in [4.69, 9.17) is 0 Å². The number of piperidine rings is 1. The predicted molar refractivity (Wildman–Crippen MR) is 85.0 cm³/mol. The van der Waals surface area contributed by atoms with Crippen LogP contribution in [0, 0.1) is 0 Å². The number of benzene rings is 1. The van der Waals surface area contributed by atoms with Crippen molar-refractivity contribution in [2.75, 3.05) is 20.1 Å².